The number of piperidine rings is 1. The Morgan fingerprint density at radius 3 is 3.15 bits per heavy atom. The maximum Gasteiger partial charge on any atom is 0.0639 e. The van der Waals surface area contributed by atoms with Gasteiger partial charge in [-0.2, -0.15) is 17.7 Å². The summed E-state index contributed by atoms with van der Waals surface area (Å²) in [7, 11) is 0. The number of nitrogens with one attached hydrogen (secondary N) is 2. The number of nitrogens with zero attached hydrogens (tertiary/aromatic N) is 2. The summed E-state index contributed by atoms with van der Waals surface area (Å²) < 4.78 is 0. The van der Waals surface area contributed by atoms with E-state index in [2.05, 4.69) is 46.8 Å². The highest BCUT2D eigenvalue weighted by Gasteiger charge is 2.23. The zero-order valence-corrected chi connectivity index (χ0v) is 16.1. The molecule has 1 atom stereocenters. The number of likely N-dealkylation sites (tertiary alicyclic amines) is 1. The van der Waals surface area contributed by atoms with Crippen LogP contribution in [0.4, 0.5) is 0 Å². The lowest BCUT2D eigenvalue weighted by atomic mass is 9.93. The number of hydrazone groups is 1. The summed E-state index contributed by atoms with van der Waals surface area (Å²) in [6, 6.07) is 0. The second-order valence-corrected chi connectivity index (χ2v) is 6.73. The van der Waals surface area contributed by atoms with Crippen LogP contribution in [0.2, 0.25) is 0 Å². The molecule has 26 heavy (non-hydrogen) atoms. The van der Waals surface area contributed by atoms with Crippen molar-refractivity contribution >= 4 is 24.6 Å². The van der Waals surface area contributed by atoms with E-state index >= 15 is 0 Å². The van der Waals surface area contributed by atoms with E-state index in [4.69, 9.17) is 11.1 Å². The quantitative estimate of drug-likeness (QED) is 0.240. The van der Waals surface area contributed by atoms with Crippen molar-refractivity contribution in [3.05, 3.63) is 59.3 Å². The third-order valence-corrected chi connectivity index (χ3v) is 4.69. The molecule has 0 amide bonds. The van der Waals surface area contributed by atoms with E-state index in [0.29, 0.717) is 11.6 Å². The Hall–Kier alpha value is -2.05. The highest BCUT2D eigenvalue weighted by atomic mass is 32.1. The van der Waals surface area contributed by atoms with Crippen molar-refractivity contribution in [1.29, 1.82) is 5.41 Å². The maximum atomic E-state index is 8.23. The monoisotopic (exact) mass is 371 g/mol. The van der Waals surface area contributed by atoms with E-state index in [1.165, 1.54) is 6.42 Å². The van der Waals surface area contributed by atoms with Gasteiger partial charge in [-0.25, -0.2) is 0 Å². The van der Waals surface area contributed by atoms with Crippen molar-refractivity contribution < 1.29 is 0 Å². The smallest absolute Gasteiger partial charge is 0.0639 e. The molecule has 2 aliphatic heterocycles. The van der Waals surface area contributed by atoms with E-state index in [-0.39, 0.29) is 0 Å². The van der Waals surface area contributed by atoms with Crippen LogP contribution in [0.15, 0.2) is 64.4 Å². The Bertz CT molecular complexity index is 657. The zero-order valence-electron chi connectivity index (χ0n) is 15.2. The summed E-state index contributed by atoms with van der Waals surface area (Å²) >= 11 is 4.07. The lowest BCUT2D eigenvalue weighted by Gasteiger charge is -2.36. The van der Waals surface area contributed by atoms with Crippen LogP contribution in [0, 0.1) is 11.3 Å². The molecular weight excluding hydrogens is 342 g/mol. The van der Waals surface area contributed by atoms with Crippen LogP contribution in [0.5, 0.6) is 0 Å². The first-order valence-corrected chi connectivity index (χ1v) is 9.59. The van der Waals surface area contributed by atoms with Gasteiger partial charge in [-0.3, -0.25) is 5.43 Å². The Labute approximate surface area is 162 Å². The number of thiol groups is 1. The molecule has 2 rings (SSSR count). The minimum absolute atomic E-state index is 0.357. The molecule has 0 aromatic heterocycles. The zero-order chi connectivity index (χ0) is 18.8. The molecule has 0 saturated carbocycles. The molecule has 140 valence electrons. The second kappa shape index (κ2) is 10.8. The molecule has 0 aromatic rings. The molecule has 5 nitrogen and oxygen atoms in total. The van der Waals surface area contributed by atoms with E-state index in [1.54, 1.807) is 23.9 Å². The molecule has 1 unspecified atom stereocenters. The molecule has 4 N–H and O–H groups in total. The largest absolute Gasteiger partial charge is 0.370 e. The first kappa shape index (κ1) is 20.3. The van der Waals surface area contributed by atoms with E-state index in [0.717, 1.165) is 55.7 Å². The van der Waals surface area contributed by atoms with Gasteiger partial charge in [0.1, 0.15) is 0 Å². The van der Waals surface area contributed by atoms with Crippen LogP contribution in [-0.2, 0) is 0 Å². The Morgan fingerprint density at radius 1 is 1.54 bits per heavy atom. The maximum absolute atomic E-state index is 8.23. The van der Waals surface area contributed by atoms with Crippen LogP contribution in [0.3, 0.4) is 0 Å². The number of hydrogen-bond acceptors (Lipinski definition) is 6. The van der Waals surface area contributed by atoms with Gasteiger partial charge in [-0.1, -0.05) is 18.7 Å². The summed E-state index contributed by atoms with van der Waals surface area (Å²) in [6.45, 7) is 6.94. The van der Waals surface area contributed by atoms with Gasteiger partial charge < -0.3 is 16.0 Å². The fourth-order valence-corrected chi connectivity index (χ4v) is 3.34. The summed E-state index contributed by atoms with van der Waals surface area (Å²) in [5.74, 6) is 0.528. The van der Waals surface area contributed by atoms with Crippen molar-refractivity contribution in [3.63, 3.8) is 0 Å². The van der Waals surface area contributed by atoms with Gasteiger partial charge in [-0.05, 0) is 55.7 Å². The molecular formula is C20H29N5S. The minimum atomic E-state index is 0.357. The summed E-state index contributed by atoms with van der Waals surface area (Å²) in [5.41, 5.74) is 11.3. The number of rotatable bonds is 7. The summed E-state index contributed by atoms with van der Waals surface area (Å²) in [4.78, 5) is 2.35. The Kier molecular flexibility index (Phi) is 8.44. The Balaban J connectivity index is 2.14. The molecule has 0 aromatic carbocycles. The van der Waals surface area contributed by atoms with Crippen molar-refractivity contribution in [2.75, 3.05) is 19.6 Å². The van der Waals surface area contributed by atoms with Gasteiger partial charge >= 0.3 is 0 Å². The number of allylic oxidation sites excluding steroid dienone is 4. The lowest BCUT2D eigenvalue weighted by molar-refractivity contribution is 0.250. The molecule has 6 heteroatoms. The Morgan fingerprint density at radius 2 is 2.38 bits per heavy atom. The number of hydrogen-bond donors (Lipinski definition) is 4. The van der Waals surface area contributed by atoms with E-state index in [9.17, 15) is 0 Å². The molecule has 0 spiro atoms. The van der Waals surface area contributed by atoms with Gasteiger partial charge in [0.25, 0.3) is 0 Å². The highest BCUT2D eigenvalue weighted by Crippen LogP contribution is 2.28. The van der Waals surface area contributed by atoms with Crippen molar-refractivity contribution in [3.8, 4) is 0 Å². The average molecular weight is 372 g/mol. The van der Waals surface area contributed by atoms with E-state index in [1.807, 2.05) is 6.08 Å². The fraction of sp³-hybridized carbons (Fsp3) is 0.400. The molecule has 2 aliphatic rings. The second-order valence-electron chi connectivity index (χ2n) is 6.43. The highest BCUT2D eigenvalue weighted by molar-refractivity contribution is 7.83. The van der Waals surface area contributed by atoms with Crippen LogP contribution < -0.4 is 11.2 Å². The SMILES string of the molecule is C=C1/C(C(=N)/C=C\S)=C\N/N=C\C=C/1N1CCCC(/C=C\CCCN)C1. The molecule has 1 saturated heterocycles. The van der Waals surface area contributed by atoms with Crippen molar-refractivity contribution in [2.45, 2.75) is 25.7 Å². The predicted molar refractivity (Wildman–Crippen MR) is 115 cm³/mol. The van der Waals surface area contributed by atoms with Crippen LogP contribution >= 0.6 is 12.6 Å². The fourth-order valence-electron chi connectivity index (χ4n) is 3.19. The van der Waals surface area contributed by atoms with Gasteiger partial charge in [0.05, 0.1) is 5.71 Å². The normalized spacial score (nSPS) is 26.6. The summed E-state index contributed by atoms with van der Waals surface area (Å²) in [6.07, 6.45) is 16.1. The van der Waals surface area contributed by atoms with Crippen LogP contribution in [-0.4, -0.2) is 36.5 Å². The molecule has 0 radical (unpaired) electrons. The molecule has 2 heterocycles. The van der Waals surface area contributed by atoms with Crippen molar-refractivity contribution in [2.24, 2.45) is 16.8 Å². The first-order valence-electron chi connectivity index (χ1n) is 9.07. The predicted octanol–water partition coefficient (Wildman–Crippen LogP) is 3.37. The van der Waals surface area contributed by atoms with E-state index < -0.39 is 0 Å². The average Bonchev–Trinajstić information content (AvgIpc) is 2.63. The molecule has 1 fully saturated rings. The number of unbranched alkanes of at least 4 members (excludes halogenated alkanes) is 1. The van der Waals surface area contributed by atoms with Crippen LogP contribution in [0.25, 0.3) is 0 Å². The number of nitrogens with two attached hydrogens (primary N) is 1. The minimum Gasteiger partial charge on any atom is -0.370 e. The molecule has 0 bridgehead atoms. The lowest BCUT2D eigenvalue weighted by Crippen LogP contribution is -2.35. The van der Waals surface area contributed by atoms with Crippen molar-refractivity contribution in [1.82, 2.24) is 10.3 Å². The van der Waals surface area contributed by atoms with Crippen LogP contribution in [0.1, 0.15) is 25.7 Å². The standard InChI is InChI=1S/C20H29N5S/c1-16-18(19(22)9-13-26)14-24-23-11-8-20(16)25-12-5-7-17(15-25)6-3-2-4-10-21/h3,6,8-9,11,13-14,17,22,24,26H,1-2,4-5,7,10,12,15,21H2/b6-3-,13-9-,18-14+,20-8+,22-19?,23-11-. The van der Waals surface area contributed by atoms with Gasteiger partial charge in [0, 0.05) is 42.3 Å². The first-order chi connectivity index (χ1) is 12.7. The molecule has 0 aliphatic carbocycles. The third kappa shape index (κ3) is 5.75. The van der Waals surface area contributed by atoms with Gasteiger partial charge in [0.15, 0.2) is 0 Å². The third-order valence-electron chi connectivity index (χ3n) is 4.54. The van der Waals surface area contributed by atoms with Gasteiger partial charge in [0.2, 0.25) is 0 Å². The summed E-state index contributed by atoms with van der Waals surface area (Å²) in [5, 5.41) is 13.9. The van der Waals surface area contributed by atoms with Gasteiger partial charge in [-0.15, -0.1) is 0 Å². The topological polar surface area (TPSA) is 77.5 Å².